The highest BCUT2D eigenvalue weighted by Crippen LogP contribution is 2.28. The maximum Gasteiger partial charge on any atom is 0.289 e. The lowest BCUT2D eigenvalue weighted by molar-refractivity contribution is -0.145. The summed E-state index contributed by atoms with van der Waals surface area (Å²) in [5.41, 5.74) is 2.34. The largest absolute Gasteiger partial charge is 0.335 e. The summed E-state index contributed by atoms with van der Waals surface area (Å²) in [7, 11) is 0. The molecular weight excluding hydrogens is 266 g/mol. The molecule has 0 unspecified atom stereocenters. The number of aryl methyl sites for hydroxylation is 1. The molecule has 0 aliphatic carbocycles. The number of hydrogen-bond acceptors (Lipinski definition) is 3. The molecule has 2 heterocycles. The van der Waals surface area contributed by atoms with Crippen molar-refractivity contribution in [2.45, 2.75) is 52.4 Å². The fourth-order valence-corrected chi connectivity index (χ4v) is 2.99. The third kappa shape index (κ3) is 3.71. The predicted molar refractivity (Wildman–Crippen MR) is 81.0 cm³/mol. The normalized spacial score (nSPS) is 19.0. The van der Waals surface area contributed by atoms with Crippen LogP contribution in [-0.4, -0.2) is 39.9 Å². The van der Waals surface area contributed by atoms with Crippen molar-refractivity contribution in [2.75, 3.05) is 13.1 Å². The minimum Gasteiger partial charge on any atom is -0.335 e. The standard InChI is InChI=1S/C16H25N3O2/c1-4-12-9-17-18-15(12)13-6-5-7-19(10-13)16(21)14(20)8-11(2)3/h9,11,13H,4-8,10H2,1-3H3,(H,17,18)/t13-/m0/s1. The Kier molecular flexibility index (Phi) is 5.15. The number of Topliss-reactive ketones (excluding diaryl/α,β-unsaturated/α-hetero) is 1. The zero-order valence-electron chi connectivity index (χ0n) is 13.2. The second-order valence-electron chi connectivity index (χ2n) is 6.27. The zero-order chi connectivity index (χ0) is 15.4. The van der Waals surface area contributed by atoms with E-state index in [1.54, 1.807) is 4.90 Å². The number of carbonyl (C=O) groups is 2. The third-order valence-electron chi connectivity index (χ3n) is 4.08. The van der Waals surface area contributed by atoms with Crippen molar-refractivity contribution in [3.8, 4) is 0 Å². The minimum absolute atomic E-state index is 0.223. The van der Waals surface area contributed by atoms with Crippen LogP contribution in [0.15, 0.2) is 6.20 Å². The molecule has 2 rings (SSSR count). The van der Waals surface area contributed by atoms with Crippen LogP contribution in [-0.2, 0) is 16.0 Å². The second kappa shape index (κ2) is 6.87. The van der Waals surface area contributed by atoms with Crippen molar-refractivity contribution in [2.24, 2.45) is 5.92 Å². The quantitative estimate of drug-likeness (QED) is 0.846. The van der Waals surface area contributed by atoms with Crippen molar-refractivity contribution in [3.05, 3.63) is 17.5 Å². The van der Waals surface area contributed by atoms with Crippen molar-refractivity contribution in [1.29, 1.82) is 0 Å². The molecule has 1 aromatic rings. The number of hydrogen-bond donors (Lipinski definition) is 1. The van der Waals surface area contributed by atoms with Gasteiger partial charge in [0.15, 0.2) is 0 Å². The Bertz CT molecular complexity index is 507. The fourth-order valence-electron chi connectivity index (χ4n) is 2.99. The molecule has 1 saturated heterocycles. The van der Waals surface area contributed by atoms with E-state index in [0.29, 0.717) is 19.5 Å². The van der Waals surface area contributed by atoms with Crippen LogP contribution in [0.4, 0.5) is 0 Å². The number of aromatic nitrogens is 2. The van der Waals surface area contributed by atoms with Crippen molar-refractivity contribution in [3.63, 3.8) is 0 Å². The lowest BCUT2D eigenvalue weighted by Crippen LogP contribution is -2.43. The van der Waals surface area contributed by atoms with Crippen LogP contribution in [0.1, 0.15) is 57.2 Å². The Morgan fingerprint density at radius 3 is 2.90 bits per heavy atom. The van der Waals surface area contributed by atoms with Gasteiger partial charge in [-0.3, -0.25) is 14.7 Å². The van der Waals surface area contributed by atoms with E-state index in [0.717, 1.165) is 25.0 Å². The van der Waals surface area contributed by atoms with Crippen LogP contribution in [0.5, 0.6) is 0 Å². The average molecular weight is 291 g/mol. The molecule has 1 amide bonds. The van der Waals surface area contributed by atoms with Gasteiger partial charge in [-0.2, -0.15) is 5.10 Å². The van der Waals surface area contributed by atoms with Crippen LogP contribution in [0, 0.1) is 5.92 Å². The van der Waals surface area contributed by atoms with Crippen molar-refractivity contribution >= 4 is 11.7 Å². The van der Waals surface area contributed by atoms with E-state index in [4.69, 9.17) is 0 Å². The van der Waals surface area contributed by atoms with E-state index in [2.05, 4.69) is 17.1 Å². The number of likely N-dealkylation sites (tertiary alicyclic amines) is 1. The van der Waals surface area contributed by atoms with E-state index in [1.165, 1.54) is 5.56 Å². The second-order valence-corrected chi connectivity index (χ2v) is 6.27. The van der Waals surface area contributed by atoms with Gasteiger partial charge in [0, 0.05) is 31.1 Å². The molecule has 0 spiro atoms. The molecule has 21 heavy (non-hydrogen) atoms. The lowest BCUT2D eigenvalue weighted by Gasteiger charge is -2.32. The van der Waals surface area contributed by atoms with E-state index in [-0.39, 0.29) is 23.5 Å². The molecule has 1 aliphatic heterocycles. The van der Waals surface area contributed by atoms with Gasteiger partial charge in [0.1, 0.15) is 0 Å². The molecule has 0 radical (unpaired) electrons. The van der Waals surface area contributed by atoms with Gasteiger partial charge in [-0.25, -0.2) is 0 Å². The summed E-state index contributed by atoms with van der Waals surface area (Å²) in [5, 5.41) is 7.19. The highest BCUT2D eigenvalue weighted by atomic mass is 16.2. The Morgan fingerprint density at radius 1 is 1.48 bits per heavy atom. The highest BCUT2D eigenvalue weighted by Gasteiger charge is 2.30. The minimum atomic E-state index is -0.314. The number of amides is 1. The summed E-state index contributed by atoms with van der Waals surface area (Å²) < 4.78 is 0. The van der Waals surface area contributed by atoms with Crippen molar-refractivity contribution < 1.29 is 9.59 Å². The van der Waals surface area contributed by atoms with Crippen LogP contribution in [0.2, 0.25) is 0 Å². The number of piperidine rings is 1. The van der Waals surface area contributed by atoms with Gasteiger partial charge in [0.05, 0.1) is 6.20 Å². The molecule has 5 heteroatoms. The molecule has 1 aliphatic rings. The van der Waals surface area contributed by atoms with Gasteiger partial charge in [-0.1, -0.05) is 20.8 Å². The van der Waals surface area contributed by atoms with Gasteiger partial charge < -0.3 is 4.90 Å². The van der Waals surface area contributed by atoms with Crippen LogP contribution in [0.3, 0.4) is 0 Å². The number of H-pyrrole nitrogens is 1. The zero-order valence-corrected chi connectivity index (χ0v) is 13.2. The van der Waals surface area contributed by atoms with Gasteiger partial charge in [0.25, 0.3) is 5.91 Å². The topological polar surface area (TPSA) is 66.1 Å². The molecule has 0 saturated carbocycles. The van der Waals surface area contributed by atoms with Crippen molar-refractivity contribution in [1.82, 2.24) is 15.1 Å². The lowest BCUT2D eigenvalue weighted by atomic mass is 9.91. The smallest absolute Gasteiger partial charge is 0.289 e. The molecular formula is C16H25N3O2. The molecule has 0 aromatic carbocycles. The van der Waals surface area contributed by atoms with Crippen LogP contribution < -0.4 is 0 Å². The van der Waals surface area contributed by atoms with Gasteiger partial charge in [-0.05, 0) is 30.7 Å². The van der Waals surface area contributed by atoms with Gasteiger partial charge in [-0.15, -0.1) is 0 Å². The Balaban J connectivity index is 2.04. The third-order valence-corrected chi connectivity index (χ3v) is 4.08. The summed E-state index contributed by atoms with van der Waals surface area (Å²) in [4.78, 5) is 25.9. The number of nitrogens with zero attached hydrogens (tertiary/aromatic N) is 2. The first-order chi connectivity index (χ1) is 10.0. The first-order valence-electron chi connectivity index (χ1n) is 7.87. The first-order valence-corrected chi connectivity index (χ1v) is 7.87. The molecule has 5 nitrogen and oxygen atoms in total. The summed E-state index contributed by atoms with van der Waals surface area (Å²) >= 11 is 0. The Morgan fingerprint density at radius 2 is 2.24 bits per heavy atom. The first kappa shape index (κ1) is 15.7. The summed E-state index contributed by atoms with van der Waals surface area (Å²) in [6, 6.07) is 0. The Labute approximate surface area is 126 Å². The molecule has 1 atom stereocenters. The predicted octanol–water partition coefficient (Wildman–Crippen LogP) is 2.29. The van der Waals surface area contributed by atoms with E-state index < -0.39 is 0 Å². The van der Waals surface area contributed by atoms with Crippen LogP contribution in [0.25, 0.3) is 0 Å². The molecule has 0 bridgehead atoms. The highest BCUT2D eigenvalue weighted by molar-refractivity contribution is 6.36. The summed E-state index contributed by atoms with van der Waals surface area (Å²) in [5.74, 6) is -0.0784. The number of rotatable bonds is 5. The average Bonchev–Trinajstić information content (AvgIpc) is 2.94. The fraction of sp³-hybridized carbons (Fsp3) is 0.688. The number of ketones is 1. The maximum absolute atomic E-state index is 12.3. The molecule has 1 aromatic heterocycles. The SMILES string of the molecule is CCc1cn[nH]c1[C@H]1CCCN(C(=O)C(=O)CC(C)C)C1. The summed E-state index contributed by atoms with van der Waals surface area (Å²) in [6.45, 7) is 7.34. The molecule has 1 N–H and O–H groups in total. The van der Waals surface area contributed by atoms with E-state index in [9.17, 15) is 9.59 Å². The Hall–Kier alpha value is -1.65. The number of carbonyl (C=O) groups excluding carboxylic acids is 2. The number of nitrogens with one attached hydrogen (secondary N) is 1. The van der Waals surface area contributed by atoms with E-state index in [1.807, 2.05) is 20.0 Å². The van der Waals surface area contributed by atoms with Crippen LogP contribution >= 0.6 is 0 Å². The molecule has 116 valence electrons. The van der Waals surface area contributed by atoms with Gasteiger partial charge >= 0.3 is 0 Å². The summed E-state index contributed by atoms with van der Waals surface area (Å²) in [6.07, 6.45) is 5.11. The monoisotopic (exact) mass is 291 g/mol. The number of aromatic amines is 1. The maximum atomic E-state index is 12.3. The van der Waals surface area contributed by atoms with Gasteiger partial charge in [0.2, 0.25) is 5.78 Å². The van der Waals surface area contributed by atoms with E-state index >= 15 is 0 Å². The molecule has 1 fully saturated rings.